The van der Waals surface area contributed by atoms with Gasteiger partial charge in [-0.25, -0.2) is 9.78 Å². The number of alkyl halides is 1. The zero-order chi connectivity index (χ0) is 18.7. The molecule has 2 N–H and O–H groups in total. The zero-order valence-corrected chi connectivity index (χ0v) is 14.8. The van der Waals surface area contributed by atoms with Crippen molar-refractivity contribution >= 4 is 34.7 Å². The van der Waals surface area contributed by atoms with E-state index in [1.807, 2.05) is 18.2 Å². The van der Waals surface area contributed by atoms with E-state index in [1.54, 1.807) is 7.11 Å². The molecule has 0 aliphatic rings. The zero-order valence-electron chi connectivity index (χ0n) is 14.1. The number of carbonyl (C=O) groups excluding carboxylic acids is 1. The highest BCUT2D eigenvalue weighted by molar-refractivity contribution is 6.17. The molecular formula is C16H16ClN5O4. The second-order valence-corrected chi connectivity index (χ2v) is 5.61. The van der Waals surface area contributed by atoms with Gasteiger partial charge in [-0.05, 0) is 11.6 Å². The standard InChI is InChI=1S/C16H16ClN5O4/c1-25-12-5-9(6-17)3-4-10(12)8-22-13-11(7-18-22)19-15(20-14(13)23)21-16(24)26-2/h3-5,7H,6,8H2,1-2H3,(H2,19,20,21,23,24). The van der Waals surface area contributed by atoms with Gasteiger partial charge in [-0.1, -0.05) is 12.1 Å². The number of halogens is 1. The maximum atomic E-state index is 12.4. The van der Waals surface area contributed by atoms with Crippen molar-refractivity contribution in [1.29, 1.82) is 0 Å². The summed E-state index contributed by atoms with van der Waals surface area (Å²) in [6.45, 7) is 0.309. The number of amides is 1. The Bertz CT molecular complexity index is 1010. The van der Waals surface area contributed by atoms with Gasteiger partial charge in [0.2, 0.25) is 5.95 Å². The Morgan fingerprint density at radius 2 is 2.19 bits per heavy atom. The largest absolute Gasteiger partial charge is 0.496 e. The van der Waals surface area contributed by atoms with Crippen LogP contribution in [0.5, 0.6) is 5.75 Å². The van der Waals surface area contributed by atoms with Gasteiger partial charge in [0.15, 0.2) is 5.52 Å². The van der Waals surface area contributed by atoms with Gasteiger partial charge in [0, 0.05) is 11.4 Å². The van der Waals surface area contributed by atoms with Gasteiger partial charge in [-0.2, -0.15) is 5.10 Å². The third kappa shape index (κ3) is 3.47. The van der Waals surface area contributed by atoms with Crippen molar-refractivity contribution in [2.75, 3.05) is 19.5 Å². The first-order valence-corrected chi connectivity index (χ1v) is 8.11. The second-order valence-electron chi connectivity index (χ2n) is 5.35. The molecule has 9 nitrogen and oxygen atoms in total. The molecule has 0 saturated carbocycles. The Morgan fingerprint density at radius 1 is 1.38 bits per heavy atom. The number of hydrogen-bond acceptors (Lipinski definition) is 6. The molecule has 3 aromatic rings. The monoisotopic (exact) mass is 377 g/mol. The van der Waals surface area contributed by atoms with Crippen molar-refractivity contribution in [2.45, 2.75) is 12.4 Å². The molecule has 0 saturated heterocycles. The van der Waals surface area contributed by atoms with Crippen molar-refractivity contribution in [1.82, 2.24) is 19.7 Å². The third-order valence-corrected chi connectivity index (χ3v) is 4.04. The van der Waals surface area contributed by atoms with E-state index in [0.29, 0.717) is 23.7 Å². The Hall–Kier alpha value is -3.07. The number of aromatic amines is 1. The van der Waals surface area contributed by atoms with Crippen LogP contribution in [0.2, 0.25) is 0 Å². The molecule has 0 fully saturated rings. The van der Waals surface area contributed by atoms with Crippen LogP contribution in [-0.2, 0) is 17.2 Å². The van der Waals surface area contributed by atoms with Gasteiger partial charge >= 0.3 is 6.09 Å². The molecule has 26 heavy (non-hydrogen) atoms. The number of benzene rings is 1. The molecule has 3 rings (SSSR count). The van der Waals surface area contributed by atoms with Crippen LogP contribution in [0.4, 0.5) is 10.7 Å². The lowest BCUT2D eigenvalue weighted by molar-refractivity contribution is 0.186. The molecule has 0 unspecified atom stereocenters. The number of nitrogens with zero attached hydrogens (tertiary/aromatic N) is 3. The number of ether oxygens (including phenoxy) is 2. The molecule has 10 heteroatoms. The number of methoxy groups -OCH3 is 2. The summed E-state index contributed by atoms with van der Waals surface area (Å²) in [6, 6.07) is 5.60. The molecule has 0 aliphatic carbocycles. The number of nitrogens with one attached hydrogen (secondary N) is 2. The van der Waals surface area contributed by atoms with Crippen molar-refractivity contribution in [3.8, 4) is 5.75 Å². The fraction of sp³-hybridized carbons (Fsp3) is 0.250. The maximum absolute atomic E-state index is 12.4. The summed E-state index contributed by atoms with van der Waals surface area (Å²) in [7, 11) is 2.78. The fourth-order valence-corrected chi connectivity index (χ4v) is 2.66. The first kappa shape index (κ1) is 17.7. The molecule has 1 aromatic carbocycles. The highest BCUT2D eigenvalue weighted by Crippen LogP contribution is 2.23. The molecule has 2 aromatic heterocycles. The van der Waals surface area contributed by atoms with Crippen LogP contribution in [0, 0.1) is 0 Å². The number of rotatable bonds is 5. The quantitative estimate of drug-likeness (QED) is 0.658. The van der Waals surface area contributed by atoms with Crippen LogP contribution in [0.3, 0.4) is 0 Å². The molecule has 136 valence electrons. The number of carbonyl (C=O) groups is 1. The van der Waals surface area contributed by atoms with Crippen molar-refractivity contribution < 1.29 is 14.3 Å². The summed E-state index contributed by atoms with van der Waals surface area (Å²) in [4.78, 5) is 30.3. The molecule has 0 radical (unpaired) electrons. The highest BCUT2D eigenvalue weighted by atomic mass is 35.5. The van der Waals surface area contributed by atoms with Crippen LogP contribution in [0.15, 0.2) is 29.2 Å². The summed E-state index contributed by atoms with van der Waals surface area (Å²) >= 11 is 5.85. The Labute approximate surface area is 152 Å². The van der Waals surface area contributed by atoms with Crippen molar-refractivity contribution in [2.24, 2.45) is 0 Å². The van der Waals surface area contributed by atoms with E-state index in [2.05, 4.69) is 25.1 Å². The van der Waals surface area contributed by atoms with E-state index in [4.69, 9.17) is 16.3 Å². The first-order chi connectivity index (χ1) is 12.5. The van der Waals surface area contributed by atoms with E-state index in [0.717, 1.165) is 11.1 Å². The van der Waals surface area contributed by atoms with E-state index < -0.39 is 11.7 Å². The van der Waals surface area contributed by atoms with Gasteiger partial charge in [0.1, 0.15) is 11.3 Å². The summed E-state index contributed by atoms with van der Waals surface area (Å²) < 4.78 is 11.4. The number of aromatic nitrogens is 4. The lowest BCUT2D eigenvalue weighted by atomic mass is 10.1. The van der Waals surface area contributed by atoms with Gasteiger partial charge < -0.3 is 9.47 Å². The van der Waals surface area contributed by atoms with E-state index in [1.165, 1.54) is 18.0 Å². The van der Waals surface area contributed by atoms with Gasteiger partial charge in [-0.15, -0.1) is 11.6 Å². The molecular weight excluding hydrogens is 362 g/mol. The topological polar surface area (TPSA) is 111 Å². The minimum atomic E-state index is -0.732. The summed E-state index contributed by atoms with van der Waals surface area (Å²) in [6.07, 6.45) is 0.719. The van der Waals surface area contributed by atoms with E-state index in [9.17, 15) is 9.59 Å². The van der Waals surface area contributed by atoms with E-state index >= 15 is 0 Å². The van der Waals surface area contributed by atoms with Crippen LogP contribution in [-0.4, -0.2) is 40.1 Å². The minimum absolute atomic E-state index is 0.0158. The number of H-pyrrole nitrogens is 1. The van der Waals surface area contributed by atoms with Gasteiger partial charge in [-0.3, -0.25) is 19.8 Å². The molecule has 0 bridgehead atoms. The number of anilines is 1. The number of hydrogen-bond donors (Lipinski definition) is 2. The van der Waals surface area contributed by atoms with Crippen LogP contribution >= 0.6 is 11.6 Å². The van der Waals surface area contributed by atoms with Crippen LogP contribution < -0.4 is 15.6 Å². The van der Waals surface area contributed by atoms with Gasteiger partial charge in [0.25, 0.3) is 5.56 Å². The average molecular weight is 378 g/mol. The molecule has 0 spiro atoms. The summed E-state index contributed by atoms with van der Waals surface area (Å²) in [5.74, 6) is 1.01. The van der Waals surface area contributed by atoms with Crippen molar-refractivity contribution in [3.05, 3.63) is 45.9 Å². The normalized spacial score (nSPS) is 10.7. The smallest absolute Gasteiger partial charge is 0.413 e. The third-order valence-electron chi connectivity index (χ3n) is 3.73. The molecule has 1 amide bonds. The minimum Gasteiger partial charge on any atom is -0.496 e. The lowest BCUT2D eigenvalue weighted by Gasteiger charge is -2.10. The number of fused-ring (bicyclic) bond motifs is 1. The Kier molecular flexibility index (Phi) is 5.08. The fourth-order valence-electron chi connectivity index (χ4n) is 2.50. The molecule has 0 atom stereocenters. The second kappa shape index (κ2) is 7.44. The van der Waals surface area contributed by atoms with Crippen LogP contribution in [0.25, 0.3) is 11.0 Å². The predicted molar refractivity (Wildman–Crippen MR) is 95.8 cm³/mol. The summed E-state index contributed by atoms with van der Waals surface area (Å²) in [5, 5.41) is 6.54. The Balaban J connectivity index is 1.97. The van der Waals surface area contributed by atoms with Crippen molar-refractivity contribution in [3.63, 3.8) is 0 Å². The average Bonchev–Trinajstić information content (AvgIpc) is 3.05. The molecule has 2 heterocycles. The van der Waals surface area contributed by atoms with Crippen LogP contribution in [0.1, 0.15) is 11.1 Å². The highest BCUT2D eigenvalue weighted by Gasteiger charge is 2.14. The molecule has 0 aliphatic heterocycles. The maximum Gasteiger partial charge on any atom is 0.413 e. The van der Waals surface area contributed by atoms with Gasteiger partial charge in [0.05, 0.1) is 27.0 Å². The predicted octanol–water partition coefficient (Wildman–Crippen LogP) is 2.09. The SMILES string of the molecule is COC(=O)Nc1nc2cnn(Cc3ccc(CCl)cc3OC)c2c(=O)[nH]1. The van der Waals surface area contributed by atoms with E-state index in [-0.39, 0.29) is 11.5 Å². The lowest BCUT2D eigenvalue weighted by Crippen LogP contribution is -2.19. The Morgan fingerprint density at radius 3 is 2.88 bits per heavy atom. The first-order valence-electron chi connectivity index (χ1n) is 7.58. The summed E-state index contributed by atoms with van der Waals surface area (Å²) in [5.41, 5.74) is 1.95.